The topological polar surface area (TPSA) is 35.2 Å². The van der Waals surface area contributed by atoms with Gasteiger partial charge in [-0.15, -0.1) is 0 Å². The van der Waals surface area contributed by atoms with Gasteiger partial charge in [-0.2, -0.15) is 0 Å². The van der Waals surface area contributed by atoms with Crippen molar-refractivity contribution in [3.8, 4) is 5.75 Å². The zero-order chi connectivity index (χ0) is 14.5. The van der Waals surface area contributed by atoms with Crippen LogP contribution in [-0.4, -0.2) is 6.10 Å². The molecule has 2 aliphatic carbocycles. The quantitative estimate of drug-likeness (QED) is 0.891. The molecule has 1 aromatic carbocycles. The summed E-state index contributed by atoms with van der Waals surface area (Å²) >= 11 is 0. The van der Waals surface area contributed by atoms with Crippen molar-refractivity contribution >= 4 is 0 Å². The third kappa shape index (κ3) is 1.81. The second-order valence-electron chi connectivity index (χ2n) is 7.54. The van der Waals surface area contributed by atoms with E-state index in [1.807, 2.05) is 19.1 Å². The van der Waals surface area contributed by atoms with Crippen molar-refractivity contribution in [2.75, 3.05) is 0 Å². The Labute approximate surface area is 122 Å². The van der Waals surface area contributed by atoms with Gasteiger partial charge < -0.3 is 10.5 Å². The van der Waals surface area contributed by atoms with Gasteiger partial charge in [-0.05, 0) is 43.6 Å². The molecule has 1 aromatic rings. The Morgan fingerprint density at radius 3 is 2.50 bits per heavy atom. The number of ether oxygens (including phenoxy) is 1. The van der Waals surface area contributed by atoms with Crippen molar-refractivity contribution < 1.29 is 4.74 Å². The lowest BCUT2D eigenvalue weighted by Gasteiger charge is -2.39. The first kappa shape index (κ1) is 13.9. The Kier molecular flexibility index (Phi) is 3.13. The standard InChI is InChI=1S/C18H27NO/c1-12(19)14-7-5-6-8-15(14)20-16-11-13-9-10-18(16,4)17(13,2)3/h5-8,12-13,16H,9-11,19H2,1-4H3/t12-,13?,16?,18?/m0/s1. The molecule has 2 N–H and O–H groups in total. The molecule has 0 radical (unpaired) electrons. The van der Waals surface area contributed by atoms with Crippen LogP contribution in [0.2, 0.25) is 0 Å². The lowest BCUT2D eigenvalue weighted by Crippen LogP contribution is -2.39. The van der Waals surface area contributed by atoms with E-state index in [0.717, 1.165) is 17.2 Å². The molecule has 0 heterocycles. The van der Waals surface area contributed by atoms with Crippen LogP contribution in [0.15, 0.2) is 24.3 Å². The summed E-state index contributed by atoms with van der Waals surface area (Å²) in [6, 6.07) is 8.26. The molecule has 2 saturated carbocycles. The molecule has 4 atom stereocenters. The Hall–Kier alpha value is -1.02. The average molecular weight is 273 g/mol. The summed E-state index contributed by atoms with van der Waals surface area (Å²) in [5, 5.41) is 0. The van der Waals surface area contributed by atoms with E-state index in [0.29, 0.717) is 16.9 Å². The summed E-state index contributed by atoms with van der Waals surface area (Å²) in [7, 11) is 0. The second kappa shape index (κ2) is 4.49. The molecule has 3 rings (SSSR count). The van der Waals surface area contributed by atoms with E-state index in [1.165, 1.54) is 19.3 Å². The van der Waals surface area contributed by atoms with Crippen LogP contribution >= 0.6 is 0 Å². The van der Waals surface area contributed by atoms with E-state index in [-0.39, 0.29) is 6.04 Å². The van der Waals surface area contributed by atoms with E-state index in [2.05, 4.69) is 32.9 Å². The molecule has 0 aromatic heterocycles. The minimum atomic E-state index is 0.0191. The molecule has 110 valence electrons. The molecule has 20 heavy (non-hydrogen) atoms. The van der Waals surface area contributed by atoms with Gasteiger partial charge in [0, 0.05) is 17.0 Å². The lowest BCUT2D eigenvalue weighted by molar-refractivity contribution is 0.0294. The third-order valence-corrected chi connectivity index (χ3v) is 6.39. The fourth-order valence-corrected chi connectivity index (χ4v) is 4.43. The van der Waals surface area contributed by atoms with Crippen molar-refractivity contribution in [2.24, 2.45) is 22.5 Å². The SMILES string of the molecule is C[C@H](N)c1ccccc1OC1CC2CCC1(C)C2(C)C. The van der Waals surface area contributed by atoms with Crippen LogP contribution in [0.25, 0.3) is 0 Å². The first-order valence-corrected chi connectivity index (χ1v) is 7.87. The number of para-hydroxylation sites is 1. The van der Waals surface area contributed by atoms with Gasteiger partial charge in [0.2, 0.25) is 0 Å². The highest BCUT2D eigenvalue weighted by molar-refractivity contribution is 5.36. The zero-order valence-corrected chi connectivity index (χ0v) is 13.1. The van der Waals surface area contributed by atoms with E-state index in [9.17, 15) is 0 Å². The van der Waals surface area contributed by atoms with Gasteiger partial charge in [-0.25, -0.2) is 0 Å². The van der Waals surface area contributed by atoms with Gasteiger partial charge in [0.1, 0.15) is 11.9 Å². The number of rotatable bonds is 3. The number of fused-ring (bicyclic) bond motifs is 2. The highest BCUT2D eigenvalue weighted by Gasteiger charge is 2.62. The van der Waals surface area contributed by atoms with Gasteiger partial charge in [-0.1, -0.05) is 39.0 Å². The first-order valence-electron chi connectivity index (χ1n) is 7.87. The number of nitrogens with two attached hydrogens (primary N) is 1. The molecule has 3 unspecified atom stereocenters. The van der Waals surface area contributed by atoms with Crippen LogP contribution < -0.4 is 10.5 Å². The Bertz CT molecular complexity index is 508. The Morgan fingerprint density at radius 1 is 1.25 bits per heavy atom. The van der Waals surface area contributed by atoms with Gasteiger partial charge in [-0.3, -0.25) is 0 Å². The highest BCUT2D eigenvalue weighted by Crippen LogP contribution is 2.66. The summed E-state index contributed by atoms with van der Waals surface area (Å²) in [6.45, 7) is 9.28. The first-order chi connectivity index (χ1) is 9.36. The molecule has 2 nitrogen and oxygen atoms in total. The van der Waals surface area contributed by atoms with E-state index in [1.54, 1.807) is 0 Å². The summed E-state index contributed by atoms with van der Waals surface area (Å²) in [5.74, 6) is 1.79. The van der Waals surface area contributed by atoms with Gasteiger partial charge in [0.25, 0.3) is 0 Å². The minimum Gasteiger partial charge on any atom is -0.489 e. The molecule has 2 bridgehead atoms. The molecular formula is C18H27NO. The fourth-order valence-electron chi connectivity index (χ4n) is 4.43. The summed E-state index contributed by atoms with van der Waals surface area (Å²) in [5.41, 5.74) is 7.88. The van der Waals surface area contributed by atoms with Crippen molar-refractivity contribution in [1.29, 1.82) is 0 Å². The van der Waals surface area contributed by atoms with Gasteiger partial charge in [0.15, 0.2) is 0 Å². The maximum Gasteiger partial charge on any atom is 0.124 e. The maximum atomic E-state index is 6.46. The normalized spacial score (nSPS) is 36.0. The van der Waals surface area contributed by atoms with Crippen LogP contribution in [0.5, 0.6) is 5.75 Å². The average Bonchev–Trinajstić information content (AvgIpc) is 2.72. The third-order valence-electron chi connectivity index (χ3n) is 6.39. The molecule has 2 aliphatic rings. The summed E-state index contributed by atoms with van der Waals surface area (Å²) in [6.07, 6.45) is 4.17. The molecule has 0 amide bonds. The van der Waals surface area contributed by atoms with Crippen molar-refractivity contribution in [3.63, 3.8) is 0 Å². The van der Waals surface area contributed by atoms with Gasteiger partial charge in [0.05, 0.1) is 0 Å². The largest absolute Gasteiger partial charge is 0.489 e. The second-order valence-corrected chi connectivity index (χ2v) is 7.54. The van der Waals surface area contributed by atoms with E-state index in [4.69, 9.17) is 10.5 Å². The lowest BCUT2D eigenvalue weighted by atomic mass is 9.70. The molecule has 0 saturated heterocycles. The predicted octanol–water partition coefficient (Wildman–Crippen LogP) is 4.30. The highest BCUT2D eigenvalue weighted by atomic mass is 16.5. The van der Waals surface area contributed by atoms with Crippen molar-refractivity contribution in [2.45, 2.75) is 59.1 Å². The number of hydrogen-bond donors (Lipinski definition) is 1. The van der Waals surface area contributed by atoms with Crippen LogP contribution in [0.1, 0.15) is 58.6 Å². The van der Waals surface area contributed by atoms with Crippen molar-refractivity contribution in [3.05, 3.63) is 29.8 Å². The molecular weight excluding hydrogens is 246 g/mol. The summed E-state index contributed by atoms with van der Waals surface area (Å²) in [4.78, 5) is 0. The molecule has 2 fully saturated rings. The van der Waals surface area contributed by atoms with Crippen LogP contribution in [0.4, 0.5) is 0 Å². The smallest absolute Gasteiger partial charge is 0.124 e. The van der Waals surface area contributed by atoms with Gasteiger partial charge >= 0.3 is 0 Å². The van der Waals surface area contributed by atoms with Crippen molar-refractivity contribution in [1.82, 2.24) is 0 Å². The fraction of sp³-hybridized carbons (Fsp3) is 0.667. The zero-order valence-electron chi connectivity index (χ0n) is 13.1. The van der Waals surface area contributed by atoms with E-state index >= 15 is 0 Å². The van der Waals surface area contributed by atoms with E-state index < -0.39 is 0 Å². The molecule has 0 aliphatic heterocycles. The monoisotopic (exact) mass is 273 g/mol. The molecule has 0 spiro atoms. The maximum absolute atomic E-state index is 6.46. The minimum absolute atomic E-state index is 0.0191. The molecule has 2 heteroatoms. The number of hydrogen-bond acceptors (Lipinski definition) is 2. The predicted molar refractivity (Wildman–Crippen MR) is 82.7 cm³/mol. The van der Waals surface area contributed by atoms with Crippen LogP contribution in [-0.2, 0) is 0 Å². The number of benzene rings is 1. The Morgan fingerprint density at radius 2 is 1.95 bits per heavy atom. The van der Waals surface area contributed by atoms with Crippen LogP contribution in [0, 0.1) is 16.7 Å². The summed E-state index contributed by atoms with van der Waals surface area (Å²) < 4.78 is 6.46. The van der Waals surface area contributed by atoms with Crippen LogP contribution in [0.3, 0.4) is 0 Å². The Balaban J connectivity index is 1.87.